The zero-order chi connectivity index (χ0) is 7.71. The van der Waals surface area contributed by atoms with Gasteiger partial charge in [-0.15, -0.1) is 0 Å². The molecule has 9 heavy (non-hydrogen) atoms. The largest absolute Gasteiger partial charge is 0.343 e. The number of rotatable bonds is 2. The summed E-state index contributed by atoms with van der Waals surface area (Å²) in [5.74, 6) is -4.52. The average Bonchev–Trinajstić information content (AvgIpc) is 1.14. The summed E-state index contributed by atoms with van der Waals surface area (Å²) in [5, 5.41) is 28.3. The Morgan fingerprint density at radius 2 is 1.67 bits per heavy atom. The minimum absolute atomic E-state index is 1.29. The second-order valence-corrected chi connectivity index (χ2v) is 3.20. The van der Waals surface area contributed by atoms with E-state index in [1.165, 1.54) is 0 Å². The van der Waals surface area contributed by atoms with E-state index in [-0.39, 0.29) is 0 Å². The molecule has 0 fully saturated rings. The molecule has 6 nitrogen and oxygen atoms in total. The van der Waals surface area contributed by atoms with Gasteiger partial charge in [-0.05, 0) is 0 Å². The van der Waals surface area contributed by atoms with E-state index in [0.717, 1.165) is 0 Å². The maximum Gasteiger partial charge on any atom is 0.291 e. The zero-order valence-corrected chi connectivity index (χ0v) is 5.17. The van der Waals surface area contributed by atoms with E-state index >= 15 is 0 Å². The summed E-state index contributed by atoms with van der Waals surface area (Å²) in [5.41, 5.74) is 0. The monoisotopic (exact) mass is 157 g/mol. The fourth-order valence-corrected chi connectivity index (χ4v) is 0.810. The van der Waals surface area contributed by atoms with Gasteiger partial charge in [-0.1, -0.05) is 0 Å². The highest BCUT2D eigenvalue weighted by molar-refractivity contribution is 7.89. The third-order valence-corrected chi connectivity index (χ3v) is 1.18. The van der Waals surface area contributed by atoms with Crippen LogP contribution in [0, 0.1) is 0 Å². The first-order valence-electron chi connectivity index (χ1n) is 1.88. The van der Waals surface area contributed by atoms with Gasteiger partial charge in [0.2, 0.25) is 10.0 Å². The summed E-state index contributed by atoms with van der Waals surface area (Å²) in [7, 11) is -4.03. The van der Waals surface area contributed by atoms with Crippen LogP contribution >= 0.6 is 0 Å². The number of hydrogen-bond acceptors (Lipinski definition) is 5. The standard InChI is InChI=1S/C2H7NO5S/c3-9(7,8)1-2(4,5)6/h4-6H,1H2,(H2,3,7,8). The summed E-state index contributed by atoms with van der Waals surface area (Å²) in [4.78, 5) is 0. The Morgan fingerprint density at radius 1 is 1.33 bits per heavy atom. The first-order chi connectivity index (χ1) is 3.71. The lowest BCUT2D eigenvalue weighted by molar-refractivity contribution is -0.293. The second-order valence-electron chi connectivity index (χ2n) is 1.58. The molecule has 5 N–H and O–H groups in total. The molecule has 0 rings (SSSR count). The van der Waals surface area contributed by atoms with Crippen LogP contribution < -0.4 is 5.14 Å². The molecule has 0 saturated carbocycles. The summed E-state index contributed by atoms with van der Waals surface area (Å²) >= 11 is 0. The van der Waals surface area contributed by atoms with Crippen LogP contribution in [0.5, 0.6) is 0 Å². The summed E-state index contributed by atoms with van der Waals surface area (Å²) in [6, 6.07) is 0. The molecule has 0 spiro atoms. The van der Waals surface area contributed by atoms with Crippen molar-refractivity contribution in [2.24, 2.45) is 5.14 Å². The van der Waals surface area contributed by atoms with Crippen LogP contribution in [-0.2, 0) is 10.0 Å². The van der Waals surface area contributed by atoms with Gasteiger partial charge in [-0.3, -0.25) is 0 Å². The van der Waals surface area contributed by atoms with E-state index in [0.29, 0.717) is 0 Å². The summed E-state index contributed by atoms with van der Waals surface area (Å²) in [6.07, 6.45) is 0. The van der Waals surface area contributed by atoms with Gasteiger partial charge >= 0.3 is 0 Å². The molecular formula is C2H7NO5S. The molecule has 0 bridgehead atoms. The molecule has 0 aliphatic rings. The molecule has 0 aromatic rings. The molecule has 0 aromatic heterocycles. The van der Waals surface area contributed by atoms with Crippen LogP contribution in [0.1, 0.15) is 0 Å². The lowest BCUT2D eigenvalue weighted by Gasteiger charge is -2.10. The molecule has 0 aliphatic heterocycles. The van der Waals surface area contributed by atoms with Gasteiger partial charge in [-0.25, -0.2) is 13.6 Å². The molecule has 56 valence electrons. The maximum absolute atomic E-state index is 9.94. The predicted octanol–water partition coefficient (Wildman–Crippen LogP) is -3.09. The maximum atomic E-state index is 9.94. The number of primary sulfonamides is 1. The molecule has 0 atom stereocenters. The van der Waals surface area contributed by atoms with Gasteiger partial charge in [0.1, 0.15) is 5.75 Å². The predicted molar refractivity (Wildman–Crippen MR) is 27.4 cm³/mol. The lowest BCUT2D eigenvalue weighted by Crippen LogP contribution is -2.39. The van der Waals surface area contributed by atoms with Crippen LogP contribution in [0.4, 0.5) is 0 Å². The normalized spacial score (nSPS) is 13.8. The van der Waals surface area contributed by atoms with E-state index in [1.807, 2.05) is 0 Å². The topological polar surface area (TPSA) is 121 Å². The van der Waals surface area contributed by atoms with Crippen molar-refractivity contribution in [3.05, 3.63) is 0 Å². The van der Waals surface area contributed by atoms with Gasteiger partial charge < -0.3 is 15.3 Å². The molecule has 0 heterocycles. The third kappa shape index (κ3) is 7.79. The van der Waals surface area contributed by atoms with E-state index in [9.17, 15) is 8.42 Å². The summed E-state index contributed by atoms with van der Waals surface area (Å²) in [6.45, 7) is 0. The highest BCUT2D eigenvalue weighted by Crippen LogP contribution is 1.94. The Balaban J connectivity index is 4.07. The van der Waals surface area contributed by atoms with Crippen LogP contribution in [0.2, 0.25) is 0 Å². The highest BCUT2D eigenvalue weighted by atomic mass is 32.2. The Hall–Kier alpha value is -0.210. The number of sulfonamides is 1. The van der Waals surface area contributed by atoms with E-state index in [1.54, 1.807) is 0 Å². The van der Waals surface area contributed by atoms with Crippen molar-refractivity contribution in [2.75, 3.05) is 5.75 Å². The Labute approximate surface area is 51.6 Å². The molecular weight excluding hydrogens is 150 g/mol. The van der Waals surface area contributed by atoms with Crippen molar-refractivity contribution in [2.45, 2.75) is 5.97 Å². The SMILES string of the molecule is NS(=O)(=O)CC(O)(O)O. The van der Waals surface area contributed by atoms with Crippen LogP contribution in [0.3, 0.4) is 0 Å². The van der Waals surface area contributed by atoms with Gasteiger partial charge in [-0.2, -0.15) is 0 Å². The number of aliphatic hydroxyl groups is 3. The Morgan fingerprint density at radius 3 is 1.67 bits per heavy atom. The fraction of sp³-hybridized carbons (Fsp3) is 1.00. The van der Waals surface area contributed by atoms with Crippen molar-refractivity contribution in [1.29, 1.82) is 0 Å². The van der Waals surface area contributed by atoms with Gasteiger partial charge in [0, 0.05) is 0 Å². The Bertz CT molecular complexity index is 176. The average molecular weight is 157 g/mol. The zero-order valence-electron chi connectivity index (χ0n) is 4.35. The second kappa shape index (κ2) is 2.20. The lowest BCUT2D eigenvalue weighted by atomic mass is 10.7. The molecule has 0 radical (unpaired) electrons. The molecule has 0 saturated heterocycles. The van der Waals surface area contributed by atoms with Crippen LogP contribution in [-0.4, -0.2) is 35.5 Å². The molecule has 0 amide bonds. The van der Waals surface area contributed by atoms with E-state index in [4.69, 9.17) is 15.3 Å². The van der Waals surface area contributed by atoms with Crippen molar-refractivity contribution in [1.82, 2.24) is 0 Å². The summed E-state index contributed by atoms with van der Waals surface area (Å²) < 4.78 is 19.9. The third-order valence-electron chi connectivity index (χ3n) is 0.395. The van der Waals surface area contributed by atoms with Gasteiger partial charge in [0.15, 0.2) is 0 Å². The first kappa shape index (κ1) is 8.79. The van der Waals surface area contributed by atoms with Gasteiger partial charge in [0.05, 0.1) is 0 Å². The van der Waals surface area contributed by atoms with Crippen LogP contribution in [0.15, 0.2) is 0 Å². The van der Waals surface area contributed by atoms with E-state index in [2.05, 4.69) is 5.14 Å². The quantitative estimate of drug-likeness (QED) is 0.316. The number of nitrogens with two attached hydrogens (primary N) is 1. The van der Waals surface area contributed by atoms with Crippen LogP contribution in [0.25, 0.3) is 0 Å². The molecule has 0 aliphatic carbocycles. The number of hydrogen-bond donors (Lipinski definition) is 4. The molecule has 0 unspecified atom stereocenters. The minimum Gasteiger partial charge on any atom is -0.343 e. The smallest absolute Gasteiger partial charge is 0.291 e. The van der Waals surface area contributed by atoms with Crippen molar-refractivity contribution < 1.29 is 23.7 Å². The van der Waals surface area contributed by atoms with Crippen molar-refractivity contribution >= 4 is 10.0 Å². The Kier molecular flexibility index (Phi) is 2.14. The first-order valence-corrected chi connectivity index (χ1v) is 3.60. The van der Waals surface area contributed by atoms with Crippen molar-refractivity contribution in [3.63, 3.8) is 0 Å². The fourth-order valence-electron chi connectivity index (χ4n) is 0.270. The highest BCUT2D eigenvalue weighted by Gasteiger charge is 2.24. The molecule has 0 aromatic carbocycles. The van der Waals surface area contributed by atoms with Gasteiger partial charge in [0.25, 0.3) is 5.97 Å². The van der Waals surface area contributed by atoms with E-state index < -0.39 is 21.7 Å². The minimum atomic E-state index is -4.03. The van der Waals surface area contributed by atoms with Crippen molar-refractivity contribution in [3.8, 4) is 0 Å². The molecule has 7 heteroatoms.